The number of anilines is 2. The third-order valence-electron chi connectivity index (χ3n) is 3.57. The number of benzene rings is 2. The fraction of sp³-hybridized carbons (Fsp3) is 0.278. The predicted octanol–water partition coefficient (Wildman–Crippen LogP) is 3.78. The number of nitriles is 1. The van der Waals surface area contributed by atoms with Gasteiger partial charge in [-0.15, -0.1) is 0 Å². The van der Waals surface area contributed by atoms with Crippen LogP contribution >= 0.6 is 0 Å². The molecule has 6 nitrogen and oxygen atoms in total. The number of nitroso groups, excluding NO2 is 1. The van der Waals surface area contributed by atoms with Crippen molar-refractivity contribution in [3.8, 4) is 11.8 Å². The van der Waals surface area contributed by atoms with Crippen LogP contribution in [0.25, 0.3) is 0 Å². The largest absolute Gasteiger partial charge is 0.492 e. The summed E-state index contributed by atoms with van der Waals surface area (Å²) in [5.41, 5.74) is 0.867. The van der Waals surface area contributed by atoms with Gasteiger partial charge in [-0.2, -0.15) is 10.2 Å². The highest BCUT2D eigenvalue weighted by atomic mass is 19.1. The van der Waals surface area contributed by atoms with Gasteiger partial charge in [0.2, 0.25) is 0 Å². The van der Waals surface area contributed by atoms with Gasteiger partial charge in [-0.05, 0) is 30.7 Å². The van der Waals surface area contributed by atoms with Gasteiger partial charge in [-0.25, -0.2) is 8.78 Å². The van der Waals surface area contributed by atoms with Gasteiger partial charge in [0.15, 0.2) is 0 Å². The van der Waals surface area contributed by atoms with Crippen molar-refractivity contribution < 1.29 is 18.6 Å². The lowest BCUT2D eigenvalue weighted by molar-refractivity contribution is 0.146. The van der Waals surface area contributed by atoms with Crippen LogP contribution in [0.3, 0.4) is 0 Å². The normalized spacial score (nSPS) is 11.5. The smallest absolute Gasteiger partial charge is 0.146 e. The Morgan fingerprint density at radius 2 is 2.08 bits per heavy atom. The molecule has 1 unspecified atom stereocenters. The van der Waals surface area contributed by atoms with Crippen molar-refractivity contribution in [1.82, 2.24) is 0 Å². The molecule has 2 N–H and O–H groups in total. The summed E-state index contributed by atoms with van der Waals surface area (Å²) in [6.45, 7) is 1.40. The van der Waals surface area contributed by atoms with E-state index in [2.05, 4.69) is 10.5 Å². The summed E-state index contributed by atoms with van der Waals surface area (Å²) in [6, 6.07) is 8.47. The second kappa shape index (κ2) is 8.87. The highest BCUT2D eigenvalue weighted by Gasteiger charge is 2.15. The monoisotopic (exact) mass is 361 g/mol. The Kier molecular flexibility index (Phi) is 6.58. The van der Waals surface area contributed by atoms with Crippen molar-refractivity contribution in [3.05, 3.63) is 58.0 Å². The van der Waals surface area contributed by atoms with Gasteiger partial charge in [0.1, 0.15) is 35.6 Å². The van der Waals surface area contributed by atoms with E-state index < -0.39 is 17.7 Å². The Balaban J connectivity index is 2.23. The molecule has 0 aliphatic rings. The molecule has 0 bridgehead atoms. The zero-order valence-corrected chi connectivity index (χ0v) is 14.0. The second-order valence-corrected chi connectivity index (χ2v) is 5.65. The van der Waals surface area contributed by atoms with Gasteiger partial charge < -0.3 is 15.2 Å². The first-order valence-electron chi connectivity index (χ1n) is 7.81. The molecule has 8 heteroatoms. The third kappa shape index (κ3) is 4.97. The summed E-state index contributed by atoms with van der Waals surface area (Å²) in [6.07, 6.45) is -0.895. The summed E-state index contributed by atoms with van der Waals surface area (Å²) < 4.78 is 33.2. The van der Waals surface area contributed by atoms with Crippen LogP contribution in [0.1, 0.15) is 17.5 Å². The van der Waals surface area contributed by atoms with E-state index in [4.69, 9.17) is 4.74 Å². The maximum Gasteiger partial charge on any atom is 0.146 e. The lowest BCUT2D eigenvalue weighted by Gasteiger charge is -2.14. The average molecular weight is 361 g/mol. The van der Waals surface area contributed by atoms with Crippen molar-refractivity contribution in [1.29, 1.82) is 5.26 Å². The van der Waals surface area contributed by atoms with Crippen molar-refractivity contribution in [2.75, 3.05) is 18.5 Å². The minimum Gasteiger partial charge on any atom is -0.492 e. The molecule has 26 heavy (non-hydrogen) atoms. The average Bonchev–Trinajstić information content (AvgIpc) is 2.57. The maximum absolute atomic E-state index is 14.0. The van der Waals surface area contributed by atoms with E-state index in [0.29, 0.717) is 0 Å². The minimum absolute atomic E-state index is 0.00521. The molecule has 0 spiro atoms. The van der Waals surface area contributed by atoms with Crippen molar-refractivity contribution in [2.45, 2.75) is 19.4 Å². The Labute approximate surface area is 149 Å². The fourth-order valence-electron chi connectivity index (χ4n) is 2.26. The molecular weight excluding hydrogens is 344 g/mol. The molecule has 0 radical (unpaired) electrons. The molecule has 0 aliphatic carbocycles. The number of halogens is 2. The molecule has 0 amide bonds. The summed E-state index contributed by atoms with van der Waals surface area (Å²) in [4.78, 5) is 10.1. The standard InChI is InChI=1S/C18H17F2N3O3/c1-11-2-3-16(15(20)6-11)23-17-7-12(19)8-18(14(17)9-21)26-5-4-13(24)10-22-25/h2-3,6-8,13,23-24H,4-5,10H2,1H3. The highest BCUT2D eigenvalue weighted by molar-refractivity contribution is 5.70. The molecule has 0 aliphatic heterocycles. The molecule has 0 saturated heterocycles. The van der Waals surface area contributed by atoms with Gasteiger partial charge in [-0.1, -0.05) is 11.2 Å². The molecule has 2 rings (SSSR count). The van der Waals surface area contributed by atoms with Crippen LogP contribution in [0, 0.1) is 34.8 Å². The van der Waals surface area contributed by atoms with Crippen LogP contribution in [0.2, 0.25) is 0 Å². The topological polar surface area (TPSA) is 94.7 Å². The number of aliphatic hydroxyl groups is 1. The van der Waals surface area contributed by atoms with Gasteiger partial charge in [0.25, 0.3) is 0 Å². The van der Waals surface area contributed by atoms with Crippen molar-refractivity contribution in [3.63, 3.8) is 0 Å². The molecule has 1 atom stereocenters. The lowest BCUT2D eigenvalue weighted by atomic mass is 10.1. The molecule has 136 valence electrons. The third-order valence-corrected chi connectivity index (χ3v) is 3.57. The van der Waals surface area contributed by atoms with Crippen LogP contribution < -0.4 is 10.1 Å². The quantitative estimate of drug-likeness (QED) is 0.698. The van der Waals surface area contributed by atoms with Gasteiger partial charge in [-0.3, -0.25) is 0 Å². The van der Waals surface area contributed by atoms with Crippen molar-refractivity contribution >= 4 is 11.4 Å². The second-order valence-electron chi connectivity index (χ2n) is 5.65. The van der Waals surface area contributed by atoms with E-state index >= 15 is 0 Å². The van der Waals surface area contributed by atoms with Crippen LogP contribution in [-0.4, -0.2) is 24.4 Å². The SMILES string of the molecule is Cc1ccc(Nc2cc(F)cc(OCCC(O)CN=O)c2C#N)c(F)c1. The molecule has 0 fully saturated rings. The van der Waals surface area contributed by atoms with E-state index in [9.17, 15) is 24.1 Å². The Morgan fingerprint density at radius 1 is 1.31 bits per heavy atom. The Morgan fingerprint density at radius 3 is 2.73 bits per heavy atom. The Bertz CT molecular complexity index is 837. The maximum atomic E-state index is 14.0. The van der Waals surface area contributed by atoms with Crippen LogP contribution in [0.4, 0.5) is 20.2 Å². The molecule has 0 heterocycles. The van der Waals surface area contributed by atoms with E-state index in [1.54, 1.807) is 13.0 Å². The lowest BCUT2D eigenvalue weighted by Crippen LogP contribution is -2.15. The van der Waals surface area contributed by atoms with Gasteiger partial charge in [0.05, 0.1) is 24.1 Å². The number of ether oxygens (including phenoxy) is 1. The fourth-order valence-corrected chi connectivity index (χ4v) is 2.26. The van der Waals surface area contributed by atoms with Crippen molar-refractivity contribution in [2.24, 2.45) is 5.18 Å². The number of nitrogens with zero attached hydrogens (tertiary/aromatic N) is 2. The Hall–Kier alpha value is -3.05. The number of hydrogen-bond donors (Lipinski definition) is 2. The van der Waals surface area contributed by atoms with Crippen LogP contribution in [0.5, 0.6) is 5.75 Å². The molecule has 0 aromatic heterocycles. The number of nitrogens with one attached hydrogen (secondary N) is 1. The minimum atomic E-state index is -0.981. The van der Waals surface area contributed by atoms with E-state index in [1.807, 2.05) is 6.07 Å². The molecule has 2 aromatic carbocycles. The predicted molar refractivity (Wildman–Crippen MR) is 92.3 cm³/mol. The summed E-state index contributed by atoms with van der Waals surface area (Å²) in [5.74, 6) is -1.26. The van der Waals surface area contributed by atoms with Crippen LogP contribution in [0.15, 0.2) is 35.5 Å². The molecule has 0 saturated carbocycles. The van der Waals surface area contributed by atoms with E-state index in [0.717, 1.165) is 17.7 Å². The first-order chi connectivity index (χ1) is 12.4. The molecule has 2 aromatic rings. The summed E-state index contributed by atoms with van der Waals surface area (Å²) in [5, 5.41) is 24.1. The van der Waals surface area contributed by atoms with Crippen LogP contribution in [-0.2, 0) is 0 Å². The summed E-state index contributed by atoms with van der Waals surface area (Å²) in [7, 11) is 0. The van der Waals surface area contributed by atoms with Gasteiger partial charge in [0, 0.05) is 12.5 Å². The number of aryl methyl sites for hydroxylation is 1. The zero-order chi connectivity index (χ0) is 19.1. The summed E-state index contributed by atoms with van der Waals surface area (Å²) >= 11 is 0. The van der Waals surface area contributed by atoms with E-state index in [-0.39, 0.29) is 42.3 Å². The highest BCUT2D eigenvalue weighted by Crippen LogP contribution is 2.31. The first kappa shape index (κ1) is 19.3. The molecular formula is C18H17F2N3O3. The number of aliphatic hydroxyl groups excluding tert-OH is 1. The zero-order valence-electron chi connectivity index (χ0n) is 14.0. The first-order valence-corrected chi connectivity index (χ1v) is 7.81. The number of rotatable bonds is 8. The van der Waals surface area contributed by atoms with Gasteiger partial charge >= 0.3 is 0 Å². The number of hydrogen-bond acceptors (Lipinski definition) is 6. The van der Waals surface area contributed by atoms with E-state index in [1.165, 1.54) is 12.1 Å².